The number of methoxy groups -OCH3 is 1. The Bertz CT molecular complexity index is 484. The lowest BCUT2D eigenvalue weighted by Gasteiger charge is -2.26. The maximum Gasteiger partial charge on any atom is 0.191 e. The average molecular weight is 334 g/mol. The SMILES string of the molecule is CN=C(NCCCOC)NCc1ccc(CN2CCOCC2)cc1. The van der Waals surface area contributed by atoms with Gasteiger partial charge in [-0.3, -0.25) is 9.89 Å². The average Bonchev–Trinajstić information content (AvgIpc) is 2.63. The Morgan fingerprint density at radius 1 is 1.17 bits per heavy atom. The summed E-state index contributed by atoms with van der Waals surface area (Å²) in [6, 6.07) is 8.78. The zero-order valence-corrected chi connectivity index (χ0v) is 14.9. The van der Waals surface area contributed by atoms with Gasteiger partial charge in [0.15, 0.2) is 5.96 Å². The normalized spacial score (nSPS) is 16.2. The number of hydrogen-bond donors (Lipinski definition) is 2. The van der Waals surface area contributed by atoms with E-state index in [1.54, 1.807) is 14.2 Å². The molecule has 0 radical (unpaired) electrons. The van der Waals surface area contributed by atoms with E-state index in [4.69, 9.17) is 9.47 Å². The zero-order chi connectivity index (χ0) is 17.0. The predicted molar refractivity (Wildman–Crippen MR) is 97.2 cm³/mol. The summed E-state index contributed by atoms with van der Waals surface area (Å²) in [4.78, 5) is 6.66. The number of nitrogens with zero attached hydrogens (tertiary/aromatic N) is 2. The number of guanidine groups is 1. The molecule has 1 heterocycles. The van der Waals surface area contributed by atoms with Crippen LogP contribution in [-0.4, -0.2) is 64.5 Å². The summed E-state index contributed by atoms with van der Waals surface area (Å²) >= 11 is 0. The van der Waals surface area contributed by atoms with Gasteiger partial charge in [0.25, 0.3) is 0 Å². The standard InChI is InChI=1S/C18H30N4O2/c1-19-18(20-8-3-11-23-2)21-14-16-4-6-17(7-5-16)15-22-9-12-24-13-10-22/h4-7H,3,8-15H2,1-2H3,(H2,19,20,21). The van der Waals surface area contributed by atoms with Crippen molar-refractivity contribution in [2.45, 2.75) is 19.5 Å². The van der Waals surface area contributed by atoms with Crippen LogP contribution in [0, 0.1) is 0 Å². The van der Waals surface area contributed by atoms with Crippen LogP contribution in [0.3, 0.4) is 0 Å². The van der Waals surface area contributed by atoms with Gasteiger partial charge in [-0.15, -0.1) is 0 Å². The monoisotopic (exact) mass is 334 g/mol. The lowest BCUT2D eigenvalue weighted by atomic mass is 10.1. The molecule has 0 atom stereocenters. The van der Waals surface area contributed by atoms with Crippen LogP contribution in [0.15, 0.2) is 29.3 Å². The van der Waals surface area contributed by atoms with E-state index < -0.39 is 0 Å². The summed E-state index contributed by atoms with van der Waals surface area (Å²) in [7, 11) is 3.51. The van der Waals surface area contributed by atoms with Crippen molar-refractivity contribution >= 4 is 5.96 Å². The quantitative estimate of drug-likeness (QED) is 0.425. The Balaban J connectivity index is 1.72. The van der Waals surface area contributed by atoms with E-state index in [1.807, 2.05) is 0 Å². The Hall–Kier alpha value is -1.63. The Kier molecular flexibility index (Phi) is 8.59. The summed E-state index contributed by atoms with van der Waals surface area (Å²) in [5.74, 6) is 0.823. The fraction of sp³-hybridized carbons (Fsp3) is 0.611. The number of rotatable bonds is 8. The van der Waals surface area contributed by atoms with Crippen molar-refractivity contribution < 1.29 is 9.47 Å². The van der Waals surface area contributed by atoms with Crippen LogP contribution in [0.25, 0.3) is 0 Å². The van der Waals surface area contributed by atoms with E-state index in [0.717, 1.165) is 64.9 Å². The van der Waals surface area contributed by atoms with Gasteiger partial charge in [-0.25, -0.2) is 0 Å². The second-order valence-corrected chi connectivity index (χ2v) is 5.90. The van der Waals surface area contributed by atoms with Crippen LogP contribution < -0.4 is 10.6 Å². The number of morpholine rings is 1. The van der Waals surface area contributed by atoms with Crippen molar-refractivity contribution in [1.29, 1.82) is 0 Å². The van der Waals surface area contributed by atoms with Crippen LogP contribution >= 0.6 is 0 Å². The lowest BCUT2D eigenvalue weighted by Crippen LogP contribution is -2.37. The van der Waals surface area contributed by atoms with Crippen molar-refractivity contribution in [3.05, 3.63) is 35.4 Å². The fourth-order valence-electron chi connectivity index (χ4n) is 2.61. The molecule has 1 aromatic rings. The largest absolute Gasteiger partial charge is 0.385 e. The molecule has 2 rings (SSSR count). The highest BCUT2D eigenvalue weighted by atomic mass is 16.5. The highest BCUT2D eigenvalue weighted by molar-refractivity contribution is 5.79. The number of ether oxygens (including phenoxy) is 2. The molecule has 1 aromatic carbocycles. The maximum absolute atomic E-state index is 5.39. The molecule has 24 heavy (non-hydrogen) atoms. The minimum atomic E-state index is 0.759. The van der Waals surface area contributed by atoms with E-state index in [2.05, 4.69) is 44.8 Å². The fourth-order valence-corrected chi connectivity index (χ4v) is 2.61. The highest BCUT2D eigenvalue weighted by Gasteiger charge is 2.10. The third kappa shape index (κ3) is 6.86. The molecule has 6 heteroatoms. The number of hydrogen-bond acceptors (Lipinski definition) is 4. The summed E-state index contributed by atoms with van der Waals surface area (Å²) in [5.41, 5.74) is 2.60. The second kappa shape index (κ2) is 11.0. The van der Waals surface area contributed by atoms with Crippen molar-refractivity contribution in [2.24, 2.45) is 4.99 Å². The van der Waals surface area contributed by atoms with Crippen LogP contribution in [-0.2, 0) is 22.6 Å². The highest BCUT2D eigenvalue weighted by Crippen LogP contribution is 2.09. The van der Waals surface area contributed by atoms with Crippen LogP contribution in [0.1, 0.15) is 17.5 Å². The third-order valence-electron chi connectivity index (χ3n) is 4.03. The van der Waals surface area contributed by atoms with Crippen molar-refractivity contribution in [2.75, 3.05) is 53.6 Å². The molecule has 6 nitrogen and oxygen atoms in total. The van der Waals surface area contributed by atoms with Gasteiger partial charge < -0.3 is 20.1 Å². The molecule has 0 spiro atoms. The molecule has 0 aliphatic carbocycles. The summed E-state index contributed by atoms with van der Waals surface area (Å²) < 4.78 is 10.4. The molecule has 134 valence electrons. The van der Waals surface area contributed by atoms with Crippen molar-refractivity contribution in [1.82, 2.24) is 15.5 Å². The summed E-state index contributed by atoms with van der Waals surface area (Å²) in [6.45, 7) is 7.11. The number of benzene rings is 1. The summed E-state index contributed by atoms with van der Waals surface area (Å²) in [5, 5.41) is 6.62. The van der Waals surface area contributed by atoms with Gasteiger partial charge in [0.2, 0.25) is 0 Å². The molecule has 0 unspecified atom stereocenters. The number of aliphatic imine (C=N–C) groups is 1. The van der Waals surface area contributed by atoms with Crippen molar-refractivity contribution in [3.63, 3.8) is 0 Å². The number of nitrogens with one attached hydrogen (secondary N) is 2. The van der Waals surface area contributed by atoms with Gasteiger partial charge in [-0.2, -0.15) is 0 Å². The van der Waals surface area contributed by atoms with Crippen LogP contribution in [0.2, 0.25) is 0 Å². The molecule has 1 saturated heterocycles. The van der Waals surface area contributed by atoms with E-state index in [-0.39, 0.29) is 0 Å². The van der Waals surface area contributed by atoms with Crippen molar-refractivity contribution in [3.8, 4) is 0 Å². The van der Waals surface area contributed by atoms with Crippen LogP contribution in [0.4, 0.5) is 0 Å². The molecule has 0 amide bonds. The Morgan fingerprint density at radius 3 is 2.54 bits per heavy atom. The Morgan fingerprint density at radius 2 is 1.88 bits per heavy atom. The van der Waals surface area contributed by atoms with Gasteiger partial charge in [-0.05, 0) is 17.5 Å². The molecule has 0 aromatic heterocycles. The molecule has 1 aliphatic rings. The molecule has 0 bridgehead atoms. The molecule has 2 N–H and O–H groups in total. The summed E-state index contributed by atoms with van der Waals surface area (Å²) in [6.07, 6.45) is 0.966. The van der Waals surface area contributed by atoms with Gasteiger partial charge in [0.1, 0.15) is 0 Å². The molecule has 1 aliphatic heterocycles. The first-order chi connectivity index (χ1) is 11.8. The molecular weight excluding hydrogens is 304 g/mol. The van der Waals surface area contributed by atoms with Gasteiger partial charge in [0, 0.05) is 53.5 Å². The maximum atomic E-state index is 5.39. The minimum Gasteiger partial charge on any atom is -0.385 e. The smallest absolute Gasteiger partial charge is 0.191 e. The Labute approximate surface area is 145 Å². The zero-order valence-electron chi connectivity index (χ0n) is 14.9. The predicted octanol–water partition coefficient (Wildman–Crippen LogP) is 1.22. The van der Waals surface area contributed by atoms with Crippen LogP contribution in [0.5, 0.6) is 0 Å². The first-order valence-electron chi connectivity index (χ1n) is 8.63. The molecule has 1 fully saturated rings. The minimum absolute atomic E-state index is 0.759. The van der Waals surface area contributed by atoms with E-state index >= 15 is 0 Å². The molecular formula is C18H30N4O2. The van der Waals surface area contributed by atoms with Gasteiger partial charge in [0.05, 0.1) is 13.2 Å². The lowest BCUT2D eigenvalue weighted by molar-refractivity contribution is 0.0342. The first-order valence-corrected chi connectivity index (χ1v) is 8.63. The van der Waals surface area contributed by atoms with Gasteiger partial charge in [-0.1, -0.05) is 24.3 Å². The van der Waals surface area contributed by atoms with E-state index in [1.165, 1.54) is 11.1 Å². The second-order valence-electron chi connectivity index (χ2n) is 5.90. The van der Waals surface area contributed by atoms with Gasteiger partial charge >= 0.3 is 0 Å². The van der Waals surface area contributed by atoms with E-state index in [0.29, 0.717) is 0 Å². The topological polar surface area (TPSA) is 58.1 Å². The third-order valence-corrected chi connectivity index (χ3v) is 4.03. The van der Waals surface area contributed by atoms with E-state index in [9.17, 15) is 0 Å². The molecule has 0 saturated carbocycles. The first kappa shape index (κ1) is 18.7.